The lowest BCUT2D eigenvalue weighted by Gasteiger charge is -2.20. The minimum atomic E-state index is -0.567. The first-order valence-corrected chi connectivity index (χ1v) is 9.01. The number of rotatable bonds is 10. The molecule has 3 N–H and O–H groups in total. The van der Waals surface area contributed by atoms with E-state index < -0.39 is 5.54 Å². The summed E-state index contributed by atoms with van der Waals surface area (Å²) < 4.78 is 5.60. The number of aliphatic hydroxyl groups excluding tert-OH is 1. The van der Waals surface area contributed by atoms with Crippen LogP contribution in [0.4, 0.5) is 0 Å². The first-order chi connectivity index (χ1) is 11.5. The van der Waals surface area contributed by atoms with Crippen molar-refractivity contribution in [2.45, 2.75) is 38.1 Å². The highest BCUT2D eigenvalue weighted by atomic mass is 32.1. The molecule has 0 spiro atoms. The Morgan fingerprint density at radius 2 is 2.00 bits per heavy atom. The predicted octanol–water partition coefficient (Wildman–Crippen LogP) is 3.43. The summed E-state index contributed by atoms with van der Waals surface area (Å²) in [6.07, 6.45) is 2.66. The average Bonchev–Trinajstić information content (AvgIpc) is 3.07. The molecule has 0 fully saturated rings. The molecule has 5 heteroatoms. The Morgan fingerprint density at radius 1 is 1.25 bits per heavy atom. The highest BCUT2D eigenvalue weighted by Gasteiger charge is 2.17. The minimum absolute atomic E-state index is 0.0361. The molecule has 0 radical (unpaired) electrons. The molecule has 1 aromatic heterocycles. The molecule has 2 rings (SSSR count). The number of carbonyl (C=O) groups is 1. The first kappa shape index (κ1) is 18.6. The Hall–Kier alpha value is -1.69. The molecule has 0 saturated heterocycles. The van der Waals surface area contributed by atoms with Gasteiger partial charge in [-0.05, 0) is 50.5 Å². The molecule has 4 nitrogen and oxygen atoms in total. The van der Waals surface area contributed by atoms with Crippen LogP contribution in [0.3, 0.4) is 0 Å². The van der Waals surface area contributed by atoms with Gasteiger partial charge in [-0.3, -0.25) is 4.79 Å². The Kier molecular flexibility index (Phi) is 6.97. The van der Waals surface area contributed by atoms with E-state index in [9.17, 15) is 9.90 Å². The van der Waals surface area contributed by atoms with Gasteiger partial charge in [0.1, 0.15) is 5.75 Å². The van der Waals surface area contributed by atoms with Crippen molar-refractivity contribution in [3.63, 3.8) is 0 Å². The van der Waals surface area contributed by atoms with E-state index in [0.29, 0.717) is 25.9 Å². The van der Waals surface area contributed by atoms with Gasteiger partial charge in [0.25, 0.3) is 0 Å². The van der Waals surface area contributed by atoms with Gasteiger partial charge in [-0.2, -0.15) is 0 Å². The number of carbonyl (C=O) groups excluding carboxylic acids is 1. The molecule has 0 aliphatic heterocycles. The van der Waals surface area contributed by atoms with Gasteiger partial charge in [0.15, 0.2) is 5.78 Å². The fraction of sp³-hybridized carbons (Fsp3) is 0.421. The van der Waals surface area contributed by atoms with Crippen LogP contribution in [0, 0.1) is 0 Å². The van der Waals surface area contributed by atoms with Crippen molar-refractivity contribution in [3.05, 3.63) is 52.2 Å². The lowest BCUT2D eigenvalue weighted by atomic mass is 9.98. The van der Waals surface area contributed by atoms with Gasteiger partial charge in [-0.1, -0.05) is 18.2 Å². The number of nitrogens with two attached hydrogens (primary N) is 1. The van der Waals surface area contributed by atoms with Gasteiger partial charge < -0.3 is 15.6 Å². The van der Waals surface area contributed by atoms with Crippen LogP contribution in [0.15, 0.2) is 42.5 Å². The maximum atomic E-state index is 12.2. The topological polar surface area (TPSA) is 72.5 Å². The van der Waals surface area contributed by atoms with Gasteiger partial charge in [0, 0.05) is 16.8 Å². The van der Waals surface area contributed by atoms with E-state index >= 15 is 0 Å². The molecule has 0 saturated carbocycles. The summed E-state index contributed by atoms with van der Waals surface area (Å²) in [6, 6.07) is 13.5. The van der Waals surface area contributed by atoms with E-state index in [1.807, 2.05) is 49.4 Å². The van der Waals surface area contributed by atoms with Crippen molar-refractivity contribution in [2.24, 2.45) is 5.73 Å². The number of hydrogen-bond donors (Lipinski definition) is 2. The molecule has 1 atom stereocenters. The molecule has 0 amide bonds. The quantitative estimate of drug-likeness (QED) is 0.510. The minimum Gasteiger partial charge on any atom is -0.494 e. The summed E-state index contributed by atoms with van der Waals surface area (Å²) in [7, 11) is 0. The van der Waals surface area contributed by atoms with Crippen LogP contribution in [0.1, 0.15) is 40.7 Å². The number of Topliss-reactive ketones (excluding diaryl/α,β-unsaturated/α-hetero) is 1. The van der Waals surface area contributed by atoms with Crippen molar-refractivity contribution < 1.29 is 14.6 Å². The van der Waals surface area contributed by atoms with Crippen molar-refractivity contribution in [2.75, 3.05) is 13.2 Å². The van der Waals surface area contributed by atoms with Gasteiger partial charge in [0.2, 0.25) is 0 Å². The van der Waals surface area contributed by atoms with Crippen LogP contribution in [-0.2, 0) is 6.42 Å². The van der Waals surface area contributed by atoms with Crippen LogP contribution >= 0.6 is 11.3 Å². The highest BCUT2D eigenvalue weighted by Crippen LogP contribution is 2.22. The summed E-state index contributed by atoms with van der Waals surface area (Å²) in [6.45, 7) is 2.33. The van der Waals surface area contributed by atoms with Crippen molar-refractivity contribution in [1.29, 1.82) is 0 Å². The zero-order valence-corrected chi connectivity index (χ0v) is 14.8. The number of para-hydroxylation sites is 1. The zero-order valence-electron chi connectivity index (χ0n) is 14.0. The Balaban J connectivity index is 1.73. The number of thiophene rings is 1. The molecule has 1 heterocycles. The summed E-state index contributed by atoms with van der Waals surface area (Å²) in [4.78, 5) is 14.1. The van der Waals surface area contributed by atoms with Gasteiger partial charge in [-0.15, -0.1) is 11.3 Å². The SMILES string of the molecule is CC(N)(CO)CCc1ccc(C(=O)CCCOc2ccccc2)s1. The maximum Gasteiger partial charge on any atom is 0.172 e. The van der Waals surface area contributed by atoms with Crippen LogP contribution in [-0.4, -0.2) is 29.6 Å². The number of ketones is 1. The van der Waals surface area contributed by atoms with E-state index in [4.69, 9.17) is 10.5 Å². The second-order valence-electron chi connectivity index (χ2n) is 6.27. The number of aliphatic hydroxyl groups is 1. The Morgan fingerprint density at radius 3 is 2.71 bits per heavy atom. The second-order valence-corrected chi connectivity index (χ2v) is 7.43. The van der Waals surface area contributed by atoms with E-state index in [0.717, 1.165) is 21.9 Å². The molecular formula is C19H25NO3S. The Labute approximate surface area is 147 Å². The Bertz CT molecular complexity index is 637. The summed E-state index contributed by atoms with van der Waals surface area (Å²) in [5, 5.41) is 9.18. The summed E-state index contributed by atoms with van der Waals surface area (Å²) in [5.74, 6) is 0.984. The van der Waals surface area contributed by atoms with E-state index in [2.05, 4.69) is 0 Å². The molecule has 0 aliphatic carbocycles. The molecule has 2 aromatic rings. The molecule has 0 aliphatic rings. The van der Waals surface area contributed by atoms with Crippen LogP contribution < -0.4 is 10.5 Å². The average molecular weight is 347 g/mol. The second kappa shape index (κ2) is 8.97. The third-order valence-corrected chi connectivity index (χ3v) is 4.99. The normalized spacial score (nSPS) is 13.5. The molecule has 24 heavy (non-hydrogen) atoms. The van der Waals surface area contributed by atoms with E-state index in [-0.39, 0.29) is 12.4 Å². The standard InChI is InChI=1S/C19H25NO3S/c1-19(20,14-21)12-11-16-9-10-18(24-16)17(22)8-5-13-23-15-6-3-2-4-7-15/h2-4,6-7,9-10,21H,5,8,11-14,20H2,1H3. The maximum absolute atomic E-state index is 12.2. The zero-order chi connectivity index (χ0) is 17.4. The van der Waals surface area contributed by atoms with E-state index in [1.165, 1.54) is 11.3 Å². The predicted molar refractivity (Wildman–Crippen MR) is 97.8 cm³/mol. The highest BCUT2D eigenvalue weighted by molar-refractivity contribution is 7.14. The molecule has 1 aromatic carbocycles. The van der Waals surface area contributed by atoms with Crippen molar-refractivity contribution >= 4 is 17.1 Å². The smallest absolute Gasteiger partial charge is 0.172 e. The first-order valence-electron chi connectivity index (χ1n) is 8.20. The summed E-state index contributed by atoms with van der Waals surface area (Å²) in [5.41, 5.74) is 5.37. The molecular weight excluding hydrogens is 322 g/mol. The lowest BCUT2D eigenvalue weighted by molar-refractivity contribution is 0.0977. The molecule has 1 unspecified atom stereocenters. The number of aryl methyl sites for hydroxylation is 1. The number of hydrogen-bond acceptors (Lipinski definition) is 5. The van der Waals surface area contributed by atoms with Gasteiger partial charge >= 0.3 is 0 Å². The van der Waals surface area contributed by atoms with Crippen molar-refractivity contribution in [3.8, 4) is 5.75 Å². The van der Waals surface area contributed by atoms with Crippen LogP contribution in [0.2, 0.25) is 0 Å². The van der Waals surface area contributed by atoms with Gasteiger partial charge in [-0.25, -0.2) is 0 Å². The fourth-order valence-electron chi connectivity index (χ4n) is 2.21. The van der Waals surface area contributed by atoms with Gasteiger partial charge in [0.05, 0.1) is 18.1 Å². The monoisotopic (exact) mass is 347 g/mol. The largest absolute Gasteiger partial charge is 0.494 e. The fourth-order valence-corrected chi connectivity index (χ4v) is 3.19. The third kappa shape index (κ3) is 6.07. The summed E-state index contributed by atoms with van der Waals surface area (Å²) >= 11 is 1.52. The van der Waals surface area contributed by atoms with Crippen molar-refractivity contribution in [1.82, 2.24) is 0 Å². The third-order valence-electron chi connectivity index (χ3n) is 3.80. The van der Waals surface area contributed by atoms with E-state index in [1.54, 1.807) is 0 Å². The van der Waals surface area contributed by atoms with Crippen LogP contribution in [0.5, 0.6) is 5.75 Å². The molecule has 130 valence electrons. The lowest BCUT2D eigenvalue weighted by Crippen LogP contribution is -2.40. The number of benzene rings is 1. The van der Waals surface area contributed by atoms with Crippen LogP contribution in [0.25, 0.3) is 0 Å². The number of ether oxygens (including phenoxy) is 1. The molecule has 0 bridgehead atoms.